The second-order valence-electron chi connectivity index (χ2n) is 7.03. The molecule has 4 rings (SSSR count). The van der Waals surface area contributed by atoms with E-state index < -0.39 is 39.0 Å². The molecule has 1 heterocycles. The average Bonchev–Trinajstić information content (AvgIpc) is 3.04. The molecular weight excluding hydrogens is 434 g/mol. The predicted octanol–water partition coefficient (Wildman–Crippen LogP) is 3.83. The molecule has 0 saturated carbocycles. The number of rotatable bonds is 5. The van der Waals surface area contributed by atoms with Crippen LogP contribution in [0.25, 0.3) is 0 Å². The number of amides is 2. The smallest absolute Gasteiger partial charge is 0.344 e. The lowest BCUT2D eigenvalue weighted by molar-refractivity contribution is -0.395. The van der Waals surface area contributed by atoms with E-state index in [4.69, 9.17) is 4.74 Å². The van der Waals surface area contributed by atoms with Crippen LogP contribution >= 0.6 is 0 Å². The van der Waals surface area contributed by atoms with Crippen molar-refractivity contribution in [2.75, 3.05) is 4.90 Å². The molecule has 0 N–H and O–H groups in total. The van der Waals surface area contributed by atoms with Crippen LogP contribution in [0.4, 0.5) is 17.1 Å². The number of carbonyl (C=O) groups excluding carboxylic acids is 3. The fraction of sp³-hybridized carbons (Fsp3) is 0.0455. The predicted molar refractivity (Wildman–Crippen MR) is 113 cm³/mol. The average molecular weight is 447 g/mol. The van der Waals surface area contributed by atoms with Gasteiger partial charge < -0.3 is 4.74 Å². The van der Waals surface area contributed by atoms with Crippen LogP contribution in [0.5, 0.6) is 5.75 Å². The zero-order valence-electron chi connectivity index (χ0n) is 16.9. The molecule has 2 amide bonds. The fourth-order valence-corrected chi connectivity index (χ4v) is 3.43. The summed E-state index contributed by atoms with van der Waals surface area (Å²) in [5.41, 5.74) is -0.923. The first-order valence-electron chi connectivity index (χ1n) is 9.42. The van der Waals surface area contributed by atoms with Crippen molar-refractivity contribution in [2.45, 2.75) is 6.92 Å². The molecule has 1 aliphatic heterocycles. The highest BCUT2D eigenvalue weighted by Crippen LogP contribution is 2.31. The van der Waals surface area contributed by atoms with Gasteiger partial charge in [0, 0.05) is 12.1 Å². The maximum atomic E-state index is 12.6. The third-order valence-corrected chi connectivity index (χ3v) is 5.08. The molecule has 0 spiro atoms. The van der Waals surface area contributed by atoms with Crippen molar-refractivity contribution >= 4 is 34.8 Å². The lowest BCUT2D eigenvalue weighted by Gasteiger charge is -2.14. The maximum Gasteiger partial charge on any atom is 0.344 e. The van der Waals surface area contributed by atoms with Crippen molar-refractivity contribution < 1.29 is 29.0 Å². The first-order chi connectivity index (χ1) is 15.7. The Bertz CT molecular complexity index is 1290. The summed E-state index contributed by atoms with van der Waals surface area (Å²) in [6, 6.07) is 13.6. The summed E-state index contributed by atoms with van der Waals surface area (Å²) in [5.74, 6) is -2.01. The topological polar surface area (TPSA) is 150 Å². The van der Waals surface area contributed by atoms with Crippen LogP contribution in [-0.4, -0.2) is 27.6 Å². The Hall–Kier alpha value is -4.93. The van der Waals surface area contributed by atoms with Crippen LogP contribution < -0.4 is 9.64 Å². The van der Waals surface area contributed by atoms with Crippen molar-refractivity contribution in [3.05, 3.63) is 103 Å². The third kappa shape index (κ3) is 3.67. The van der Waals surface area contributed by atoms with Crippen LogP contribution in [0.1, 0.15) is 36.6 Å². The Morgan fingerprint density at radius 2 is 1.33 bits per heavy atom. The van der Waals surface area contributed by atoms with Gasteiger partial charge in [-0.25, -0.2) is 9.69 Å². The second kappa shape index (κ2) is 7.96. The lowest BCUT2D eigenvalue weighted by Crippen LogP contribution is -2.29. The molecule has 164 valence electrons. The molecule has 3 aromatic rings. The monoisotopic (exact) mass is 447 g/mol. The van der Waals surface area contributed by atoms with Gasteiger partial charge in [-0.05, 0) is 43.3 Å². The van der Waals surface area contributed by atoms with Crippen molar-refractivity contribution in [3.8, 4) is 5.75 Å². The molecule has 0 fully saturated rings. The molecule has 0 atom stereocenters. The van der Waals surface area contributed by atoms with E-state index in [2.05, 4.69) is 0 Å². The van der Waals surface area contributed by atoms with Crippen molar-refractivity contribution in [2.24, 2.45) is 0 Å². The van der Waals surface area contributed by atoms with Gasteiger partial charge in [0.2, 0.25) is 0 Å². The van der Waals surface area contributed by atoms with Gasteiger partial charge in [0.15, 0.2) is 0 Å². The van der Waals surface area contributed by atoms with Crippen LogP contribution in [0.15, 0.2) is 60.7 Å². The van der Waals surface area contributed by atoms with Crippen molar-refractivity contribution in [1.29, 1.82) is 0 Å². The van der Waals surface area contributed by atoms with Crippen LogP contribution in [0, 0.1) is 27.2 Å². The van der Waals surface area contributed by atoms with Gasteiger partial charge in [0.05, 0.1) is 32.2 Å². The van der Waals surface area contributed by atoms with Gasteiger partial charge in [0.25, 0.3) is 23.2 Å². The highest BCUT2D eigenvalue weighted by Gasteiger charge is 2.36. The largest absolute Gasteiger partial charge is 0.423 e. The summed E-state index contributed by atoms with van der Waals surface area (Å²) in [7, 11) is 0. The molecule has 0 saturated heterocycles. The molecule has 1 aliphatic rings. The minimum atomic E-state index is -1.05. The highest BCUT2D eigenvalue weighted by atomic mass is 16.6. The number of benzene rings is 3. The first-order valence-corrected chi connectivity index (χ1v) is 9.42. The molecule has 33 heavy (non-hydrogen) atoms. The number of esters is 1. The van der Waals surface area contributed by atoms with Crippen molar-refractivity contribution in [1.82, 2.24) is 0 Å². The quantitative estimate of drug-likeness (QED) is 0.188. The van der Waals surface area contributed by atoms with Crippen LogP contribution in [-0.2, 0) is 0 Å². The number of hydrogen-bond acceptors (Lipinski definition) is 8. The summed E-state index contributed by atoms with van der Waals surface area (Å²) in [4.78, 5) is 59.4. The number of anilines is 1. The Morgan fingerprint density at radius 3 is 1.79 bits per heavy atom. The Balaban J connectivity index is 1.58. The fourth-order valence-electron chi connectivity index (χ4n) is 3.43. The molecule has 0 aliphatic carbocycles. The van der Waals surface area contributed by atoms with Gasteiger partial charge in [-0.1, -0.05) is 12.1 Å². The van der Waals surface area contributed by atoms with Gasteiger partial charge in [0.1, 0.15) is 11.3 Å². The van der Waals surface area contributed by atoms with Crippen LogP contribution in [0.3, 0.4) is 0 Å². The van der Waals surface area contributed by atoms with E-state index in [0.29, 0.717) is 0 Å². The molecule has 0 bridgehead atoms. The van der Waals surface area contributed by atoms with Crippen LogP contribution in [0.2, 0.25) is 0 Å². The van der Waals surface area contributed by atoms with Crippen molar-refractivity contribution in [3.63, 3.8) is 0 Å². The second-order valence-corrected chi connectivity index (χ2v) is 7.03. The number of hydrogen-bond donors (Lipinski definition) is 0. The zero-order chi connectivity index (χ0) is 23.9. The number of fused-ring (bicyclic) bond motifs is 1. The van der Waals surface area contributed by atoms with E-state index in [1.165, 1.54) is 31.2 Å². The lowest BCUT2D eigenvalue weighted by atomic mass is 10.1. The normalized spacial score (nSPS) is 12.5. The number of imide groups is 1. The van der Waals surface area contributed by atoms with E-state index in [0.717, 1.165) is 17.0 Å². The van der Waals surface area contributed by atoms with Gasteiger partial charge in [-0.15, -0.1) is 0 Å². The Labute approximate surface area is 185 Å². The number of ether oxygens (including phenoxy) is 1. The highest BCUT2D eigenvalue weighted by molar-refractivity contribution is 6.34. The Morgan fingerprint density at radius 1 is 0.848 bits per heavy atom. The number of nitro benzene ring substituents is 2. The Kier molecular flexibility index (Phi) is 5.14. The van der Waals surface area contributed by atoms with E-state index in [9.17, 15) is 34.6 Å². The summed E-state index contributed by atoms with van der Waals surface area (Å²) in [5, 5.41) is 22.4. The molecule has 11 heteroatoms. The van der Waals surface area contributed by atoms with E-state index >= 15 is 0 Å². The number of nitro groups is 2. The minimum absolute atomic E-state index is 0.00578. The molecule has 0 unspecified atom stereocenters. The number of nitrogens with zero attached hydrogens (tertiary/aromatic N) is 3. The minimum Gasteiger partial charge on any atom is -0.423 e. The molecule has 3 aromatic carbocycles. The standard InChI is InChI=1S/C22H13N3O8/c1-12-18(24(29)30)10-13(11-19(12)25(31)32)22(28)33-15-8-6-14(7-9-15)23-20(26)16-4-2-3-5-17(16)21(23)27/h2-11H,1H3. The summed E-state index contributed by atoms with van der Waals surface area (Å²) in [6.45, 7) is 1.21. The van der Waals surface area contributed by atoms with E-state index in [1.54, 1.807) is 24.3 Å². The summed E-state index contributed by atoms with van der Waals surface area (Å²) < 4.78 is 5.17. The molecule has 0 aromatic heterocycles. The first kappa shape index (κ1) is 21.3. The molecular formula is C22H13N3O8. The van der Waals surface area contributed by atoms with Gasteiger partial charge in [-0.2, -0.15) is 0 Å². The molecule has 11 nitrogen and oxygen atoms in total. The van der Waals surface area contributed by atoms with Gasteiger partial charge >= 0.3 is 5.97 Å². The maximum absolute atomic E-state index is 12.6. The van der Waals surface area contributed by atoms with Gasteiger partial charge in [-0.3, -0.25) is 29.8 Å². The summed E-state index contributed by atoms with van der Waals surface area (Å²) in [6.07, 6.45) is 0. The van der Waals surface area contributed by atoms with E-state index in [-0.39, 0.29) is 33.7 Å². The zero-order valence-corrected chi connectivity index (χ0v) is 16.9. The number of carbonyl (C=O) groups is 3. The van der Waals surface area contributed by atoms with E-state index in [1.807, 2.05) is 0 Å². The summed E-state index contributed by atoms with van der Waals surface area (Å²) >= 11 is 0. The SMILES string of the molecule is Cc1c([N+](=O)[O-])cc(C(=O)Oc2ccc(N3C(=O)c4ccccc4C3=O)cc2)cc1[N+](=O)[O-]. The third-order valence-electron chi connectivity index (χ3n) is 5.08. The molecule has 0 radical (unpaired) electrons.